The van der Waals surface area contributed by atoms with Crippen molar-refractivity contribution in [1.29, 1.82) is 0 Å². The second kappa shape index (κ2) is 8.17. The Morgan fingerprint density at radius 2 is 2.16 bits per heavy atom. The lowest BCUT2D eigenvalue weighted by molar-refractivity contribution is 0.0564. The maximum absolute atomic E-state index is 12.9. The zero-order chi connectivity index (χ0) is 18.6. The number of hydrogen-bond donors (Lipinski definition) is 0. The number of aromatic nitrogens is 1. The van der Waals surface area contributed by atoms with Crippen molar-refractivity contribution in [2.75, 3.05) is 18.5 Å². The Morgan fingerprint density at radius 1 is 1.44 bits per heavy atom. The summed E-state index contributed by atoms with van der Waals surface area (Å²) in [4.78, 5) is 21.6. The summed E-state index contributed by atoms with van der Waals surface area (Å²) in [5, 5.41) is 0. The van der Waals surface area contributed by atoms with Gasteiger partial charge in [-0.05, 0) is 66.6 Å². The van der Waals surface area contributed by atoms with E-state index in [-0.39, 0.29) is 12.1 Å². The summed E-state index contributed by atoms with van der Waals surface area (Å²) >= 11 is 0. The quantitative estimate of drug-likeness (QED) is 0.786. The van der Waals surface area contributed by atoms with Gasteiger partial charge in [0, 0.05) is 23.8 Å². The Bertz CT molecular complexity index is 583. The second-order valence-electron chi connectivity index (χ2n) is 8.02. The average molecular weight is 348 g/mol. The summed E-state index contributed by atoms with van der Waals surface area (Å²) in [5.41, 5.74) is 0.593. The van der Waals surface area contributed by atoms with Gasteiger partial charge in [-0.15, -0.1) is 0 Å². The molecule has 5 nitrogen and oxygen atoms in total. The first-order chi connectivity index (χ1) is 11.7. The lowest BCUT2D eigenvalue weighted by Gasteiger charge is -2.37. The third-order valence-electron chi connectivity index (χ3n) is 4.80. The first-order valence-corrected chi connectivity index (χ1v) is 9.42. The van der Waals surface area contributed by atoms with Gasteiger partial charge < -0.3 is 4.74 Å². The van der Waals surface area contributed by atoms with E-state index in [9.17, 15) is 4.79 Å². The number of anilines is 1. The Balaban J connectivity index is 2.42. The van der Waals surface area contributed by atoms with Gasteiger partial charge in [-0.2, -0.15) is 0 Å². The molecule has 0 bridgehead atoms. The zero-order valence-electron chi connectivity index (χ0n) is 16.6. The van der Waals surface area contributed by atoms with Crippen LogP contribution in [0.15, 0.2) is 18.3 Å². The van der Waals surface area contributed by atoms with Crippen LogP contribution in [0.4, 0.5) is 10.6 Å². The molecule has 0 saturated carbocycles. The van der Waals surface area contributed by atoms with Crippen LogP contribution in [0, 0.1) is 0 Å². The summed E-state index contributed by atoms with van der Waals surface area (Å²) in [7, 11) is 2.15. The largest absolute Gasteiger partial charge is 0.443 e. The number of nitrogens with zero attached hydrogens (tertiary/aromatic N) is 3. The van der Waals surface area contributed by atoms with Crippen molar-refractivity contribution in [1.82, 2.24) is 9.88 Å². The van der Waals surface area contributed by atoms with Crippen LogP contribution < -0.4 is 4.90 Å². The molecule has 0 spiro atoms. The first kappa shape index (κ1) is 19.7. The number of carbonyl (C=O) groups is 1. The molecule has 1 aromatic heterocycles. The van der Waals surface area contributed by atoms with Gasteiger partial charge in [0.2, 0.25) is 0 Å². The Kier molecular flexibility index (Phi) is 6.44. The molecule has 2 heterocycles. The molecule has 0 aliphatic carbocycles. The van der Waals surface area contributed by atoms with E-state index in [0.29, 0.717) is 6.04 Å². The Hall–Kier alpha value is -1.62. The minimum atomic E-state index is -0.528. The molecule has 2 rings (SSSR count). The predicted molar refractivity (Wildman–Crippen MR) is 102 cm³/mol. The van der Waals surface area contributed by atoms with Gasteiger partial charge in [0.1, 0.15) is 11.4 Å². The Morgan fingerprint density at radius 3 is 2.76 bits per heavy atom. The van der Waals surface area contributed by atoms with Crippen molar-refractivity contribution >= 4 is 11.9 Å². The lowest BCUT2D eigenvalue weighted by atomic mass is 9.95. The van der Waals surface area contributed by atoms with E-state index in [0.717, 1.165) is 30.8 Å². The van der Waals surface area contributed by atoms with Crippen LogP contribution in [0.1, 0.15) is 71.9 Å². The highest BCUT2D eigenvalue weighted by atomic mass is 16.6. The SMILES string of the molecule is CC[C@@H](C)N(C(=O)OC(C)(C)C)c1ncccc1[C@@H]1CCCCN1C. The van der Waals surface area contributed by atoms with Crippen LogP contribution >= 0.6 is 0 Å². The monoisotopic (exact) mass is 347 g/mol. The molecule has 2 atom stereocenters. The van der Waals surface area contributed by atoms with E-state index in [1.807, 2.05) is 33.8 Å². The molecule has 1 saturated heterocycles. The second-order valence-corrected chi connectivity index (χ2v) is 8.02. The van der Waals surface area contributed by atoms with E-state index in [1.54, 1.807) is 11.1 Å². The molecule has 1 aliphatic rings. The molecule has 25 heavy (non-hydrogen) atoms. The van der Waals surface area contributed by atoms with E-state index in [2.05, 4.69) is 29.9 Å². The van der Waals surface area contributed by atoms with Gasteiger partial charge in [-0.1, -0.05) is 19.4 Å². The number of rotatable bonds is 4. The van der Waals surface area contributed by atoms with E-state index < -0.39 is 5.60 Å². The van der Waals surface area contributed by atoms with Crippen molar-refractivity contribution in [2.24, 2.45) is 0 Å². The fourth-order valence-corrected chi connectivity index (χ4v) is 3.31. The predicted octanol–water partition coefficient (Wildman–Crippen LogP) is 4.78. The summed E-state index contributed by atoms with van der Waals surface area (Å²) < 4.78 is 5.68. The third kappa shape index (κ3) is 4.94. The molecular formula is C20H33N3O2. The molecule has 0 radical (unpaired) electrons. The maximum Gasteiger partial charge on any atom is 0.416 e. The summed E-state index contributed by atoms with van der Waals surface area (Å²) in [6, 6.07) is 4.39. The average Bonchev–Trinajstić information content (AvgIpc) is 2.54. The molecule has 1 amide bonds. The Labute approximate surface area is 152 Å². The maximum atomic E-state index is 12.9. The molecular weight excluding hydrogens is 314 g/mol. The van der Waals surface area contributed by atoms with Crippen LogP contribution in [0.3, 0.4) is 0 Å². The standard InChI is InChI=1S/C20H33N3O2/c1-7-15(2)23(19(24)25-20(3,4)5)18-16(11-10-13-21-18)17-12-8-9-14-22(17)6/h10-11,13,15,17H,7-9,12,14H2,1-6H3/t15-,17+/m1/s1. The van der Waals surface area contributed by atoms with Crippen molar-refractivity contribution in [2.45, 2.75) is 78.0 Å². The number of hydrogen-bond acceptors (Lipinski definition) is 4. The number of carbonyl (C=O) groups excluding carboxylic acids is 1. The highest BCUT2D eigenvalue weighted by molar-refractivity contribution is 5.88. The van der Waals surface area contributed by atoms with Crippen LogP contribution in [0.2, 0.25) is 0 Å². The van der Waals surface area contributed by atoms with Crippen LogP contribution in [0.25, 0.3) is 0 Å². The minimum Gasteiger partial charge on any atom is -0.443 e. The highest BCUT2D eigenvalue weighted by Gasteiger charge is 2.32. The zero-order valence-corrected chi connectivity index (χ0v) is 16.6. The molecule has 0 N–H and O–H groups in total. The van der Waals surface area contributed by atoms with Gasteiger partial charge in [0.05, 0.1) is 0 Å². The summed E-state index contributed by atoms with van der Waals surface area (Å²) in [6.45, 7) is 10.9. The van der Waals surface area contributed by atoms with Crippen LogP contribution in [-0.4, -0.2) is 41.2 Å². The number of ether oxygens (including phenoxy) is 1. The molecule has 5 heteroatoms. The number of amides is 1. The molecule has 0 unspecified atom stereocenters. The molecule has 1 aliphatic heterocycles. The lowest BCUT2D eigenvalue weighted by Crippen LogP contribution is -2.43. The molecule has 1 fully saturated rings. The first-order valence-electron chi connectivity index (χ1n) is 9.42. The van der Waals surface area contributed by atoms with Gasteiger partial charge in [0.15, 0.2) is 0 Å². The number of likely N-dealkylation sites (tertiary alicyclic amines) is 1. The van der Waals surface area contributed by atoms with Gasteiger partial charge >= 0.3 is 6.09 Å². The van der Waals surface area contributed by atoms with Gasteiger partial charge in [0.25, 0.3) is 0 Å². The summed E-state index contributed by atoms with van der Waals surface area (Å²) in [5.74, 6) is 0.741. The van der Waals surface area contributed by atoms with Crippen LogP contribution in [-0.2, 0) is 4.74 Å². The van der Waals surface area contributed by atoms with Crippen molar-refractivity contribution in [3.05, 3.63) is 23.9 Å². The van der Waals surface area contributed by atoms with E-state index in [4.69, 9.17) is 4.74 Å². The third-order valence-corrected chi connectivity index (χ3v) is 4.80. The van der Waals surface area contributed by atoms with Gasteiger partial charge in [-0.25, -0.2) is 9.78 Å². The smallest absolute Gasteiger partial charge is 0.416 e. The number of piperidine rings is 1. The van der Waals surface area contributed by atoms with Crippen molar-refractivity contribution in [3.8, 4) is 0 Å². The molecule has 1 aromatic rings. The fraction of sp³-hybridized carbons (Fsp3) is 0.700. The van der Waals surface area contributed by atoms with Crippen LogP contribution in [0.5, 0.6) is 0 Å². The van der Waals surface area contributed by atoms with Crippen molar-refractivity contribution < 1.29 is 9.53 Å². The summed E-state index contributed by atoms with van der Waals surface area (Å²) in [6.07, 6.45) is 5.82. The minimum absolute atomic E-state index is 0.0254. The molecule has 0 aromatic carbocycles. The van der Waals surface area contributed by atoms with Crippen molar-refractivity contribution in [3.63, 3.8) is 0 Å². The van der Waals surface area contributed by atoms with E-state index in [1.165, 1.54) is 12.8 Å². The fourth-order valence-electron chi connectivity index (χ4n) is 3.31. The topological polar surface area (TPSA) is 45.7 Å². The van der Waals surface area contributed by atoms with E-state index >= 15 is 0 Å². The highest BCUT2D eigenvalue weighted by Crippen LogP contribution is 2.35. The number of pyridine rings is 1. The normalized spacial score (nSPS) is 20.2. The molecule has 140 valence electrons. The van der Waals surface area contributed by atoms with Gasteiger partial charge in [-0.3, -0.25) is 9.80 Å².